The van der Waals surface area contributed by atoms with E-state index in [0.29, 0.717) is 0 Å². The summed E-state index contributed by atoms with van der Waals surface area (Å²) in [5, 5.41) is 9.08. The summed E-state index contributed by atoms with van der Waals surface area (Å²) in [6, 6.07) is 2.20. The smallest absolute Gasteiger partial charge is 0.157 e. The predicted molar refractivity (Wildman–Crippen MR) is 80.6 cm³/mol. The predicted octanol–water partition coefficient (Wildman–Crippen LogP) is 1.46. The molecule has 0 aliphatic carbocycles. The van der Waals surface area contributed by atoms with Gasteiger partial charge >= 0.3 is 0 Å². The van der Waals surface area contributed by atoms with Gasteiger partial charge in [-0.1, -0.05) is 0 Å². The minimum atomic E-state index is 0.880. The van der Waals surface area contributed by atoms with Gasteiger partial charge in [-0.2, -0.15) is 5.10 Å². The molecule has 0 bridgehead atoms. The Bertz CT molecular complexity index is 583. The van der Waals surface area contributed by atoms with Gasteiger partial charge in [0.2, 0.25) is 0 Å². The van der Waals surface area contributed by atoms with Gasteiger partial charge in [0.25, 0.3) is 0 Å². The van der Waals surface area contributed by atoms with Crippen LogP contribution in [0, 0.1) is 6.92 Å². The highest BCUT2D eigenvalue weighted by Crippen LogP contribution is 2.16. The SMILES string of the molecule is Cc1nn(C)c2ncc(CNCCN3CCCC3)cc12. The van der Waals surface area contributed by atoms with E-state index < -0.39 is 0 Å². The molecular weight excluding hydrogens is 250 g/mol. The summed E-state index contributed by atoms with van der Waals surface area (Å²) in [5.41, 5.74) is 3.24. The van der Waals surface area contributed by atoms with Crippen LogP contribution in [0.4, 0.5) is 0 Å². The monoisotopic (exact) mass is 273 g/mol. The molecule has 1 fully saturated rings. The van der Waals surface area contributed by atoms with E-state index in [1.54, 1.807) is 0 Å². The first-order valence-corrected chi connectivity index (χ1v) is 7.45. The van der Waals surface area contributed by atoms with Gasteiger partial charge in [-0.15, -0.1) is 0 Å². The molecule has 2 aromatic heterocycles. The molecule has 0 spiro atoms. The second-order valence-electron chi connectivity index (χ2n) is 5.65. The van der Waals surface area contributed by atoms with Crippen molar-refractivity contribution in [3.8, 4) is 0 Å². The molecule has 3 rings (SSSR count). The van der Waals surface area contributed by atoms with Gasteiger partial charge in [0.1, 0.15) is 0 Å². The molecule has 0 atom stereocenters. The fraction of sp³-hybridized carbons (Fsp3) is 0.600. The van der Waals surface area contributed by atoms with Crippen LogP contribution in [-0.4, -0.2) is 45.8 Å². The Kier molecular flexibility index (Phi) is 3.98. The molecular formula is C15H23N5. The van der Waals surface area contributed by atoms with E-state index in [-0.39, 0.29) is 0 Å². The number of likely N-dealkylation sites (tertiary alicyclic amines) is 1. The average Bonchev–Trinajstić information content (AvgIpc) is 3.05. The van der Waals surface area contributed by atoms with Gasteiger partial charge in [-0.05, 0) is 44.5 Å². The van der Waals surface area contributed by atoms with Crippen molar-refractivity contribution in [2.45, 2.75) is 26.3 Å². The highest BCUT2D eigenvalue weighted by atomic mass is 15.3. The zero-order chi connectivity index (χ0) is 13.9. The zero-order valence-electron chi connectivity index (χ0n) is 12.4. The topological polar surface area (TPSA) is 46.0 Å². The molecule has 2 aromatic rings. The van der Waals surface area contributed by atoms with E-state index in [4.69, 9.17) is 0 Å². The van der Waals surface area contributed by atoms with E-state index in [1.807, 2.05) is 24.9 Å². The Morgan fingerprint density at radius 2 is 2.10 bits per heavy atom. The third kappa shape index (κ3) is 2.83. The van der Waals surface area contributed by atoms with Crippen molar-refractivity contribution in [3.05, 3.63) is 23.5 Å². The van der Waals surface area contributed by atoms with Crippen LogP contribution >= 0.6 is 0 Å². The largest absolute Gasteiger partial charge is 0.311 e. The molecule has 0 amide bonds. The lowest BCUT2D eigenvalue weighted by Gasteiger charge is -2.14. The van der Waals surface area contributed by atoms with Crippen LogP contribution < -0.4 is 5.32 Å². The first-order valence-electron chi connectivity index (χ1n) is 7.45. The second kappa shape index (κ2) is 5.89. The molecule has 0 saturated carbocycles. The molecule has 5 heteroatoms. The normalized spacial score (nSPS) is 16.3. The van der Waals surface area contributed by atoms with Crippen LogP contribution in [-0.2, 0) is 13.6 Å². The molecule has 108 valence electrons. The number of pyridine rings is 1. The molecule has 1 saturated heterocycles. The van der Waals surface area contributed by atoms with Crippen molar-refractivity contribution in [1.82, 2.24) is 25.0 Å². The van der Waals surface area contributed by atoms with Crippen molar-refractivity contribution in [3.63, 3.8) is 0 Å². The van der Waals surface area contributed by atoms with E-state index in [1.165, 1.54) is 31.5 Å². The van der Waals surface area contributed by atoms with E-state index >= 15 is 0 Å². The first-order chi connectivity index (χ1) is 9.74. The van der Waals surface area contributed by atoms with Gasteiger partial charge in [-0.3, -0.25) is 4.68 Å². The van der Waals surface area contributed by atoms with Crippen LogP contribution in [0.2, 0.25) is 0 Å². The lowest BCUT2D eigenvalue weighted by atomic mass is 10.2. The lowest BCUT2D eigenvalue weighted by molar-refractivity contribution is 0.335. The van der Waals surface area contributed by atoms with Crippen molar-refractivity contribution in [2.75, 3.05) is 26.2 Å². The Hall–Kier alpha value is -1.46. The Labute approximate surface area is 120 Å². The van der Waals surface area contributed by atoms with Crippen LogP contribution in [0.5, 0.6) is 0 Å². The van der Waals surface area contributed by atoms with Crippen LogP contribution in [0.15, 0.2) is 12.3 Å². The molecule has 5 nitrogen and oxygen atoms in total. The number of hydrogen-bond acceptors (Lipinski definition) is 4. The van der Waals surface area contributed by atoms with Crippen LogP contribution in [0.25, 0.3) is 11.0 Å². The molecule has 1 aliphatic rings. The van der Waals surface area contributed by atoms with E-state index in [9.17, 15) is 0 Å². The van der Waals surface area contributed by atoms with Crippen molar-refractivity contribution in [1.29, 1.82) is 0 Å². The number of nitrogens with one attached hydrogen (secondary N) is 1. The third-order valence-corrected chi connectivity index (χ3v) is 4.05. The summed E-state index contributed by atoms with van der Waals surface area (Å²) in [4.78, 5) is 7.04. The van der Waals surface area contributed by atoms with Crippen LogP contribution in [0.1, 0.15) is 24.1 Å². The standard InChI is InChI=1S/C15H23N5/c1-12-14-9-13(11-17-15(14)19(2)18-12)10-16-5-8-20-6-3-4-7-20/h9,11,16H,3-8,10H2,1-2H3. The molecule has 0 unspecified atom stereocenters. The minimum Gasteiger partial charge on any atom is -0.311 e. The first kappa shape index (κ1) is 13.5. The maximum atomic E-state index is 4.51. The lowest BCUT2D eigenvalue weighted by Crippen LogP contribution is -2.29. The molecule has 1 aliphatic heterocycles. The summed E-state index contributed by atoms with van der Waals surface area (Å²) in [7, 11) is 1.94. The summed E-state index contributed by atoms with van der Waals surface area (Å²) < 4.78 is 1.84. The highest BCUT2D eigenvalue weighted by molar-refractivity contribution is 5.78. The molecule has 0 aromatic carbocycles. The fourth-order valence-electron chi connectivity index (χ4n) is 2.92. The van der Waals surface area contributed by atoms with E-state index in [2.05, 4.69) is 26.4 Å². The highest BCUT2D eigenvalue weighted by Gasteiger charge is 2.10. The molecule has 20 heavy (non-hydrogen) atoms. The summed E-state index contributed by atoms with van der Waals surface area (Å²) in [5.74, 6) is 0. The summed E-state index contributed by atoms with van der Waals surface area (Å²) >= 11 is 0. The number of fused-ring (bicyclic) bond motifs is 1. The van der Waals surface area contributed by atoms with Crippen molar-refractivity contribution >= 4 is 11.0 Å². The Morgan fingerprint density at radius 3 is 2.90 bits per heavy atom. The minimum absolute atomic E-state index is 0.880. The zero-order valence-corrected chi connectivity index (χ0v) is 12.4. The summed E-state index contributed by atoms with van der Waals surface area (Å²) in [6.45, 7) is 7.65. The van der Waals surface area contributed by atoms with E-state index in [0.717, 1.165) is 36.4 Å². The van der Waals surface area contributed by atoms with Gasteiger partial charge < -0.3 is 10.2 Å². The average molecular weight is 273 g/mol. The second-order valence-corrected chi connectivity index (χ2v) is 5.65. The quantitative estimate of drug-likeness (QED) is 0.838. The number of nitrogens with zero attached hydrogens (tertiary/aromatic N) is 4. The van der Waals surface area contributed by atoms with Gasteiger partial charge in [0, 0.05) is 38.3 Å². The molecule has 1 N–H and O–H groups in total. The Balaban J connectivity index is 1.56. The molecule has 0 radical (unpaired) electrons. The molecule has 3 heterocycles. The van der Waals surface area contributed by atoms with Crippen molar-refractivity contribution in [2.24, 2.45) is 7.05 Å². The number of aryl methyl sites for hydroxylation is 2. The number of rotatable bonds is 5. The van der Waals surface area contributed by atoms with Gasteiger partial charge in [-0.25, -0.2) is 4.98 Å². The third-order valence-electron chi connectivity index (χ3n) is 4.05. The summed E-state index contributed by atoms with van der Waals surface area (Å²) in [6.07, 6.45) is 4.67. The van der Waals surface area contributed by atoms with Gasteiger partial charge in [0.05, 0.1) is 5.69 Å². The van der Waals surface area contributed by atoms with Crippen molar-refractivity contribution < 1.29 is 0 Å². The number of hydrogen-bond donors (Lipinski definition) is 1. The van der Waals surface area contributed by atoms with Gasteiger partial charge in [0.15, 0.2) is 5.65 Å². The maximum Gasteiger partial charge on any atom is 0.157 e. The van der Waals surface area contributed by atoms with Crippen LogP contribution in [0.3, 0.4) is 0 Å². The Morgan fingerprint density at radius 1 is 1.30 bits per heavy atom. The fourth-order valence-corrected chi connectivity index (χ4v) is 2.92. The number of aromatic nitrogens is 3. The maximum absolute atomic E-state index is 4.51.